The Kier molecular flexibility index (Phi) is 7.33. The van der Waals surface area contributed by atoms with Crippen molar-refractivity contribution in [3.8, 4) is 0 Å². The molecule has 2 saturated heterocycles. The van der Waals surface area contributed by atoms with Crippen LogP contribution in [0.1, 0.15) is 49.7 Å². The molecule has 0 radical (unpaired) electrons. The average molecular weight is 397 g/mol. The summed E-state index contributed by atoms with van der Waals surface area (Å²) in [5.41, 5.74) is 2.39. The molecule has 2 aliphatic heterocycles. The van der Waals surface area contributed by atoms with E-state index in [2.05, 4.69) is 24.3 Å². The van der Waals surface area contributed by atoms with Gasteiger partial charge in [0.1, 0.15) is 0 Å². The van der Waals surface area contributed by atoms with Crippen molar-refractivity contribution in [2.45, 2.75) is 69.7 Å². The predicted octanol–water partition coefficient (Wildman–Crippen LogP) is 5.25. The third-order valence-corrected chi connectivity index (χ3v) is 5.76. The second-order valence-electron chi connectivity index (χ2n) is 8.18. The van der Waals surface area contributed by atoms with E-state index in [9.17, 15) is 0 Å². The maximum absolute atomic E-state index is 6.44. The maximum atomic E-state index is 6.44. The van der Waals surface area contributed by atoms with Crippen molar-refractivity contribution >= 4 is 0 Å². The second kappa shape index (κ2) is 10.4. The minimum atomic E-state index is -0.446. The Bertz CT molecular complexity index is 655. The average Bonchev–Trinajstić information content (AvgIpc) is 2.76. The highest BCUT2D eigenvalue weighted by Crippen LogP contribution is 2.39. The molecule has 156 valence electrons. The molecule has 2 unspecified atom stereocenters. The molecule has 2 aromatic rings. The molecule has 4 nitrogen and oxygen atoms in total. The van der Waals surface area contributed by atoms with Crippen molar-refractivity contribution in [3.63, 3.8) is 0 Å². The zero-order chi connectivity index (χ0) is 19.8. The van der Waals surface area contributed by atoms with Crippen LogP contribution in [-0.4, -0.2) is 31.2 Å². The smallest absolute Gasteiger partial charge is 0.169 e. The summed E-state index contributed by atoms with van der Waals surface area (Å²) in [6, 6.07) is 20.6. The van der Waals surface area contributed by atoms with Crippen LogP contribution in [0.2, 0.25) is 0 Å². The van der Waals surface area contributed by atoms with Crippen molar-refractivity contribution in [1.29, 1.82) is 0 Å². The van der Waals surface area contributed by atoms with Crippen LogP contribution in [0.25, 0.3) is 0 Å². The molecule has 29 heavy (non-hydrogen) atoms. The first-order valence-electron chi connectivity index (χ1n) is 10.9. The molecule has 0 N–H and O–H groups in total. The lowest BCUT2D eigenvalue weighted by atomic mass is 9.93. The van der Waals surface area contributed by atoms with Gasteiger partial charge in [-0.15, -0.1) is 0 Å². The minimum Gasteiger partial charge on any atom is -0.374 e. The first-order valence-corrected chi connectivity index (χ1v) is 10.9. The fraction of sp³-hybridized carbons (Fsp3) is 0.520. The summed E-state index contributed by atoms with van der Waals surface area (Å²) in [4.78, 5) is 0. The van der Waals surface area contributed by atoms with Gasteiger partial charge in [-0.05, 0) is 36.8 Å². The van der Waals surface area contributed by atoms with Crippen LogP contribution in [0.4, 0.5) is 0 Å². The largest absolute Gasteiger partial charge is 0.374 e. The van der Waals surface area contributed by atoms with E-state index in [1.54, 1.807) is 0 Å². The van der Waals surface area contributed by atoms with Gasteiger partial charge >= 0.3 is 0 Å². The van der Waals surface area contributed by atoms with Gasteiger partial charge in [-0.3, -0.25) is 0 Å². The third kappa shape index (κ3) is 6.13. The Morgan fingerprint density at radius 3 is 1.59 bits per heavy atom. The van der Waals surface area contributed by atoms with Crippen molar-refractivity contribution in [2.24, 2.45) is 0 Å². The first-order chi connectivity index (χ1) is 14.3. The Balaban J connectivity index is 1.22. The highest BCUT2D eigenvalue weighted by molar-refractivity contribution is 5.14. The molecule has 2 fully saturated rings. The van der Waals surface area contributed by atoms with Gasteiger partial charge in [0.15, 0.2) is 5.79 Å². The molecule has 0 amide bonds. The summed E-state index contributed by atoms with van der Waals surface area (Å²) in [6.45, 7) is 2.50. The lowest BCUT2D eigenvalue weighted by Gasteiger charge is -2.45. The number of hydrogen-bond acceptors (Lipinski definition) is 4. The molecule has 4 heteroatoms. The lowest BCUT2D eigenvalue weighted by molar-refractivity contribution is -0.323. The lowest BCUT2D eigenvalue weighted by Crippen LogP contribution is -2.49. The maximum Gasteiger partial charge on any atom is 0.169 e. The molecule has 4 rings (SSSR count). The quantitative estimate of drug-likeness (QED) is 0.610. The van der Waals surface area contributed by atoms with Gasteiger partial charge in [0.25, 0.3) is 0 Å². The van der Waals surface area contributed by atoms with E-state index >= 15 is 0 Å². The van der Waals surface area contributed by atoms with Crippen LogP contribution in [0.15, 0.2) is 60.7 Å². The van der Waals surface area contributed by atoms with Crippen LogP contribution in [0, 0.1) is 0 Å². The topological polar surface area (TPSA) is 36.9 Å². The number of rotatable bonds is 8. The summed E-state index contributed by atoms with van der Waals surface area (Å²) < 4.78 is 24.7. The number of ether oxygens (including phenoxy) is 4. The SMILES string of the molecule is c1ccc(COCC2CCCC3(CCCC(COCc4ccccc4)O3)O2)cc1. The highest BCUT2D eigenvalue weighted by Gasteiger charge is 2.42. The van der Waals surface area contributed by atoms with Gasteiger partial charge in [-0.1, -0.05) is 60.7 Å². The molecular weight excluding hydrogens is 364 g/mol. The fourth-order valence-electron chi connectivity index (χ4n) is 4.31. The standard InChI is InChI=1S/C25H32O4/c1-3-9-21(10-4-1)17-26-19-23-13-7-15-25(28-23)16-8-14-24(29-25)20-27-18-22-11-5-2-6-12-22/h1-6,9-12,23-24H,7-8,13-20H2. The molecule has 0 bridgehead atoms. The van der Waals surface area contributed by atoms with Crippen molar-refractivity contribution < 1.29 is 18.9 Å². The number of hydrogen-bond donors (Lipinski definition) is 0. The third-order valence-electron chi connectivity index (χ3n) is 5.76. The van der Waals surface area contributed by atoms with Crippen LogP contribution in [0.5, 0.6) is 0 Å². The van der Waals surface area contributed by atoms with E-state index in [-0.39, 0.29) is 12.2 Å². The Hall–Kier alpha value is -1.72. The molecule has 2 atom stereocenters. The van der Waals surface area contributed by atoms with E-state index in [1.165, 1.54) is 11.1 Å². The van der Waals surface area contributed by atoms with Gasteiger partial charge in [0.2, 0.25) is 0 Å². The molecule has 2 aliphatic rings. The highest BCUT2D eigenvalue weighted by atomic mass is 16.7. The molecule has 2 heterocycles. The summed E-state index contributed by atoms with van der Waals surface area (Å²) in [5.74, 6) is -0.446. The van der Waals surface area contributed by atoms with Gasteiger partial charge in [0.05, 0.1) is 38.6 Å². The van der Waals surface area contributed by atoms with Crippen LogP contribution >= 0.6 is 0 Å². The first kappa shape index (κ1) is 20.5. The van der Waals surface area contributed by atoms with E-state index in [0.29, 0.717) is 26.4 Å². The van der Waals surface area contributed by atoms with Gasteiger partial charge in [0, 0.05) is 12.8 Å². The van der Waals surface area contributed by atoms with Crippen molar-refractivity contribution in [3.05, 3.63) is 71.8 Å². The Morgan fingerprint density at radius 2 is 1.14 bits per heavy atom. The van der Waals surface area contributed by atoms with Crippen LogP contribution < -0.4 is 0 Å². The van der Waals surface area contributed by atoms with Gasteiger partial charge in [-0.2, -0.15) is 0 Å². The molecule has 2 aromatic carbocycles. The predicted molar refractivity (Wildman–Crippen MR) is 112 cm³/mol. The molecule has 0 aliphatic carbocycles. The summed E-state index contributed by atoms with van der Waals surface area (Å²) in [7, 11) is 0. The second-order valence-corrected chi connectivity index (χ2v) is 8.18. The Morgan fingerprint density at radius 1 is 0.690 bits per heavy atom. The van der Waals surface area contributed by atoms with Gasteiger partial charge in [-0.25, -0.2) is 0 Å². The van der Waals surface area contributed by atoms with Crippen LogP contribution in [0.3, 0.4) is 0 Å². The summed E-state index contributed by atoms with van der Waals surface area (Å²) in [6.07, 6.45) is 6.47. The van der Waals surface area contributed by atoms with E-state index < -0.39 is 5.79 Å². The molecule has 0 aromatic heterocycles. The molecule has 0 saturated carbocycles. The Labute approximate surface area is 174 Å². The van der Waals surface area contributed by atoms with Gasteiger partial charge < -0.3 is 18.9 Å². The van der Waals surface area contributed by atoms with Crippen LogP contribution in [-0.2, 0) is 32.2 Å². The summed E-state index contributed by atoms with van der Waals surface area (Å²) >= 11 is 0. The normalized spacial score (nSPS) is 27.2. The zero-order valence-corrected chi connectivity index (χ0v) is 17.1. The minimum absolute atomic E-state index is 0.108. The van der Waals surface area contributed by atoms with Crippen molar-refractivity contribution in [2.75, 3.05) is 13.2 Å². The van der Waals surface area contributed by atoms with E-state index in [1.807, 2.05) is 36.4 Å². The molecule has 1 spiro atoms. The monoisotopic (exact) mass is 396 g/mol. The zero-order valence-electron chi connectivity index (χ0n) is 17.1. The van der Waals surface area contributed by atoms with E-state index in [0.717, 1.165) is 38.5 Å². The van der Waals surface area contributed by atoms with E-state index in [4.69, 9.17) is 18.9 Å². The number of benzene rings is 2. The fourth-order valence-corrected chi connectivity index (χ4v) is 4.31. The summed E-state index contributed by atoms with van der Waals surface area (Å²) in [5, 5.41) is 0. The van der Waals surface area contributed by atoms with Crippen molar-refractivity contribution in [1.82, 2.24) is 0 Å². The molecular formula is C25H32O4.